The molecule has 0 bridgehead atoms. The van der Waals surface area contributed by atoms with Crippen LogP contribution in [0.25, 0.3) is 64.9 Å². The van der Waals surface area contributed by atoms with Crippen molar-refractivity contribution in [1.29, 1.82) is 0 Å². The molecule has 0 aliphatic heterocycles. The maximum Gasteiger partial charge on any atom is 0.0491 e. The standard InChI is InChI=1S/C58H47N/c1-2-59-55-35-30-46(48(40-15-7-4-8-16-40)33-28-42-24-25-45-27-26-43-19-11-20-44-29-34-51(42)58(45)57(43)44)37-53(55)54-38-47(31-36-56(54)59)50(32-23-39-13-5-3-6-14-39)52-22-12-18-41-17-9-10-21-49(41)52/h3-22,24-27,29-31,34-38,48,50H,2,23,28,32-33H2,1H3/t48-,50?/m1/s1. The average molecular weight is 758 g/mol. The molecule has 1 heterocycles. The van der Waals surface area contributed by atoms with Crippen LogP contribution in [-0.4, -0.2) is 4.57 Å². The van der Waals surface area contributed by atoms with Gasteiger partial charge in [0.1, 0.15) is 0 Å². The van der Waals surface area contributed by atoms with E-state index in [2.05, 4.69) is 206 Å². The summed E-state index contributed by atoms with van der Waals surface area (Å²) in [6.07, 6.45) is 4.10. The molecule has 10 aromatic carbocycles. The number of benzene rings is 10. The largest absolute Gasteiger partial charge is 0.341 e. The summed E-state index contributed by atoms with van der Waals surface area (Å²) in [7, 11) is 0. The fraction of sp³-hybridized carbons (Fsp3) is 0.138. The SMILES string of the molecule is CCn1c2ccc(C(CCc3ccccc3)c3cccc4ccccc34)cc2c2cc([C@H](CCc3ccc4ccc5cccc6ccc3c4c56)c3ccccc3)ccc21. The zero-order valence-corrected chi connectivity index (χ0v) is 33.6. The molecule has 0 aliphatic carbocycles. The Morgan fingerprint density at radius 1 is 0.390 bits per heavy atom. The summed E-state index contributed by atoms with van der Waals surface area (Å²) in [5.41, 5.74) is 11.0. The summed E-state index contributed by atoms with van der Waals surface area (Å²) in [5.74, 6) is 0.521. The zero-order valence-electron chi connectivity index (χ0n) is 33.6. The van der Waals surface area contributed by atoms with Crippen LogP contribution in [-0.2, 0) is 19.4 Å². The van der Waals surface area contributed by atoms with Crippen molar-refractivity contribution in [2.45, 2.75) is 51.0 Å². The molecule has 0 amide bonds. The molecule has 0 N–H and O–H groups in total. The first kappa shape index (κ1) is 35.5. The molecule has 0 saturated carbocycles. The number of hydrogen-bond donors (Lipinski definition) is 0. The van der Waals surface area contributed by atoms with Crippen molar-refractivity contribution in [3.63, 3.8) is 0 Å². The van der Waals surface area contributed by atoms with Crippen LogP contribution in [0, 0.1) is 0 Å². The van der Waals surface area contributed by atoms with Gasteiger partial charge < -0.3 is 4.57 Å². The highest BCUT2D eigenvalue weighted by molar-refractivity contribution is 6.23. The normalized spacial score (nSPS) is 13.0. The molecule has 284 valence electrons. The Morgan fingerprint density at radius 2 is 0.966 bits per heavy atom. The lowest BCUT2D eigenvalue weighted by atomic mass is 9.83. The van der Waals surface area contributed by atoms with Crippen molar-refractivity contribution in [3.05, 3.63) is 228 Å². The third-order valence-electron chi connectivity index (χ3n) is 13.3. The van der Waals surface area contributed by atoms with Crippen molar-refractivity contribution >= 4 is 64.9 Å². The Labute approximate surface area is 346 Å². The fourth-order valence-electron chi connectivity index (χ4n) is 10.4. The summed E-state index contributed by atoms with van der Waals surface area (Å²) in [6, 6.07) is 73.3. The highest BCUT2D eigenvalue weighted by Gasteiger charge is 2.22. The number of rotatable bonds is 11. The van der Waals surface area contributed by atoms with Crippen LogP contribution in [0.1, 0.15) is 65.0 Å². The predicted octanol–water partition coefficient (Wildman–Crippen LogP) is 15.4. The van der Waals surface area contributed by atoms with E-state index in [-0.39, 0.29) is 11.8 Å². The van der Waals surface area contributed by atoms with E-state index in [0.717, 1.165) is 32.2 Å². The molecule has 11 aromatic rings. The molecule has 1 heteroatoms. The van der Waals surface area contributed by atoms with E-state index in [4.69, 9.17) is 0 Å². The molecule has 0 fully saturated rings. The zero-order chi connectivity index (χ0) is 39.3. The first-order valence-corrected chi connectivity index (χ1v) is 21.5. The maximum atomic E-state index is 2.54. The molecule has 1 nitrogen and oxygen atoms in total. The second-order valence-electron chi connectivity index (χ2n) is 16.5. The van der Waals surface area contributed by atoms with Crippen molar-refractivity contribution in [2.24, 2.45) is 0 Å². The number of fused-ring (bicyclic) bond motifs is 4. The molecule has 59 heavy (non-hydrogen) atoms. The summed E-state index contributed by atoms with van der Waals surface area (Å²) in [4.78, 5) is 0. The monoisotopic (exact) mass is 757 g/mol. The molecule has 0 saturated heterocycles. The molecule has 0 radical (unpaired) electrons. The lowest BCUT2D eigenvalue weighted by Gasteiger charge is -2.21. The number of aromatic nitrogens is 1. The first-order chi connectivity index (χ1) is 29.2. The maximum absolute atomic E-state index is 2.54. The Kier molecular flexibility index (Phi) is 8.96. The Morgan fingerprint density at radius 3 is 1.71 bits per heavy atom. The van der Waals surface area contributed by atoms with E-state index in [1.54, 1.807) is 0 Å². The highest BCUT2D eigenvalue weighted by atomic mass is 15.0. The van der Waals surface area contributed by atoms with Crippen LogP contribution in [0.5, 0.6) is 0 Å². The number of nitrogens with zero attached hydrogens (tertiary/aromatic N) is 1. The van der Waals surface area contributed by atoms with Gasteiger partial charge in [0.25, 0.3) is 0 Å². The van der Waals surface area contributed by atoms with Gasteiger partial charge in [-0.15, -0.1) is 0 Å². The number of hydrogen-bond acceptors (Lipinski definition) is 0. The van der Waals surface area contributed by atoms with Gasteiger partial charge >= 0.3 is 0 Å². The predicted molar refractivity (Wildman–Crippen MR) is 252 cm³/mol. The number of aryl methyl sites for hydroxylation is 3. The Bertz CT molecular complexity index is 3240. The van der Waals surface area contributed by atoms with Gasteiger partial charge in [0.05, 0.1) is 0 Å². The van der Waals surface area contributed by atoms with Gasteiger partial charge in [-0.1, -0.05) is 170 Å². The van der Waals surface area contributed by atoms with E-state index in [0.29, 0.717) is 0 Å². The summed E-state index contributed by atoms with van der Waals surface area (Å²) >= 11 is 0. The first-order valence-electron chi connectivity index (χ1n) is 21.5. The van der Waals surface area contributed by atoms with Gasteiger partial charge in [0.15, 0.2) is 0 Å². The summed E-state index contributed by atoms with van der Waals surface area (Å²) in [5, 5.41) is 13.5. The van der Waals surface area contributed by atoms with Gasteiger partial charge in [-0.05, 0) is 133 Å². The van der Waals surface area contributed by atoms with Crippen LogP contribution in [0.3, 0.4) is 0 Å². The third kappa shape index (κ3) is 6.24. The molecule has 11 rings (SSSR count). The van der Waals surface area contributed by atoms with Gasteiger partial charge in [0, 0.05) is 40.2 Å². The highest BCUT2D eigenvalue weighted by Crippen LogP contribution is 2.41. The van der Waals surface area contributed by atoms with Crippen LogP contribution < -0.4 is 0 Å². The fourth-order valence-corrected chi connectivity index (χ4v) is 10.4. The van der Waals surface area contributed by atoms with Crippen LogP contribution in [0.4, 0.5) is 0 Å². The van der Waals surface area contributed by atoms with Crippen LogP contribution in [0.15, 0.2) is 194 Å². The van der Waals surface area contributed by atoms with Gasteiger partial charge in [-0.3, -0.25) is 0 Å². The summed E-state index contributed by atoms with van der Waals surface area (Å²) < 4.78 is 2.51. The second kappa shape index (κ2) is 14.9. The molecule has 2 atom stereocenters. The minimum absolute atomic E-state index is 0.260. The van der Waals surface area contributed by atoms with E-state index in [1.807, 2.05) is 0 Å². The molecule has 0 aliphatic rings. The molecule has 1 unspecified atom stereocenters. The quantitative estimate of drug-likeness (QED) is 0.116. The minimum atomic E-state index is 0.260. The Balaban J connectivity index is 1.02. The molecular formula is C58H47N. The van der Waals surface area contributed by atoms with E-state index >= 15 is 0 Å². The lowest BCUT2D eigenvalue weighted by Crippen LogP contribution is -2.04. The van der Waals surface area contributed by atoms with E-state index in [1.165, 1.54) is 98.3 Å². The molecular weight excluding hydrogens is 711 g/mol. The van der Waals surface area contributed by atoms with Gasteiger partial charge in [0.2, 0.25) is 0 Å². The van der Waals surface area contributed by atoms with Gasteiger partial charge in [-0.2, -0.15) is 0 Å². The minimum Gasteiger partial charge on any atom is -0.341 e. The second-order valence-corrected chi connectivity index (χ2v) is 16.5. The van der Waals surface area contributed by atoms with E-state index < -0.39 is 0 Å². The molecule has 1 aromatic heterocycles. The van der Waals surface area contributed by atoms with Crippen LogP contribution >= 0.6 is 0 Å². The lowest BCUT2D eigenvalue weighted by molar-refractivity contribution is 0.718. The third-order valence-corrected chi connectivity index (χ3v) is 13.3. The topological polar surface area (TPSA) is 4.93 Å². The van der Waals surface area contributed by atoms with Crippen molar-refractivity contribution < 1.29 is 0 Å². The van der Waals surface area contributed by atoms with Crippen LogP contribution in [0.2, 0.25) is 0 Å². The van der Waals surface area contributed by atoms with Crippen molar-refractivity contribution in [1.82, 2.24) is 4.57 Å². The van der Waals surface area contributed by atoms with Crippen molar-refractivity contribution in [3.8, 4) is 0 Å². The smallest absolute Gasteiger partial charge is 0.0491 e. The van der Waals surface area contributed by atoms with Gasteiger partial charge in [-0.25, -0.2) is 0 Å². The Hall–Kier alpha value is -6.70. The molecule has 0 spiro atoms. The van der Waals surface area contributed by atoms with Crippen molar-refractivity contribution in [2.75, 3.05) is 0 Å². The summed E-state index contributed by atoms with van der Waals surface area (Å²) in [6.45, 7) is 3.21. The average Bonchev–Trinajstić information content (AvgIpc) is 3.61. The van der Waals surface area contributed by atoms with E-state index in [9.17, 15) is 0 Å².